The minimum Gasteiger partial charge on any atom is -0.478 e. The van der Waals surface area contributed by atoms with Crippen molar-refractivity contribution in [3.05, 3.63) is 75.7 Å². The van der Waals surface area contributed by atoms with E-state index in [9.17, 15) is 14.7 Å². The summed E-state index contributed by atoms with van der Waals surface area (Å²) in [5.74, 6) is -0.717. The summed E-state index contributed by atoms with van der Waals surface area (Å²) in [5, 5.41) is 10.8. The molecular formula is C38H48N4O3S. The molecule has 1 aliphatic rings. The fourth-order valence-corrected chi connectivity index (χ4v) is 6.74. The minimum absolute atomic E-state index is 0.0606. The van der Waals surface area contributed by atoms with Gasteiger partial charge in [0.25, 0.3) is 0 Å². The zero-order valence-corrected chi connectivity index (χ0v) is 29.2. The van der Waals surface area contributed by atoms with E-state index in [1.54, 1.807) is 23.5 Å². The molecule has 1 saturated heterocycles. The van der Waals surface area contributed by atoms with Crippen LogP contribution in [0, 0.1) is 6.92 Å². The van der Waals surface area contributed by atoms with Gasteiger partial charge in [-0.15, -0.1) is 11.3 Å². The van der Waals surface area contributed by atoms with E-state index in [4.69, 9.17) is 4.98 Å². The lowest BCUT2D eigenvalue weighted by atomic mass is 9.94. The van der Waals surface area contributed by atoms with Crippen molar-refractivity contribution in [1.82, 2.24) is 19.4 Å². The fraction of sp³-hybridized carbons (Fsp3) is 0.421. The molecule has 0 spiro atoms. The van der Waals surface area contributed by atoms with Gasteiger partial charge >= 0.3 is 5.97 Å². The van der Waals surface area contributed by atoms with Crippen LogP contribution >= 0.6 is 11.3 Å². The van der Waals surface area contributed by atoms with Crippen LogP contribution in [0.2, 0.25) is 0 Å². The highest BCUT2D eigenvalue weighted by atomic mass is 32.1. The fourth-order valence-electron chi connectivity index (χ4n) is 5.96. The van der Waals surface area contributed by atoms with Crippen molar-refractivity contribution in [2.24, 2.45) is 0 Å². The molecule has 0 bridgehead atoms. The molecule has 0 radical (unpaired) electrons. The average molecular weight is 641 g/mol. The molecule has 244 valence electrons. The van der Waals surface area contributed by atoms with Gasteiger partial charge in [-0.05, 0) is 81.4 Å². The number of allylic oxidation sites excluding steroid dienone is 1. The van der Waals surface area contributed by atoms with Gasteiger partial charge in [-0.2, -0.15) is 0 Å². The second-order valence-corrected chi connectivity index (χ2v) is 13.0. The van der Waals surface area contributed by atoms with Crippen molar-refractivity contribution in [3.63, 3.8) is 0 Å². The van der Waals surface area contributed by atoms with Crippen LogP contribution < -0.4 is 0 Å². The van der Waals surface area contributed by atoms with Gasteiger partial charge in [0.2, 0.25) is 5.91 Å². The van der Waals surface area contributed by atoms with E-state index in [-0.39, 0.29) is 30.0 Å². The van der Waals surface area contributed by atoms with Crippen LogP contribution in [0.4, 0.5) is 0 Å². The Hall–Kier alpha value is -4.04. The molecule has 1 aromatic carbocycles. The van der Waals surface area contributed by atoms with Gasteiger partial charge in [-0.1, -0.05) is 65.3 Å². The molecule has 2 atom stereocenters. The van der Waals surface area contributed by atoms with Crippen molar-refractivity contribution in [2.45, 2.75) is 99.1 Å². The van der Waals surface area contributed by atoms with Crippen molar-refractivity contribution in [1.29, 1.82) is 0 Å². The van der Waals surface area contributed by atoms with Crippen molar-refractivity contribution < 1.29 is 14.7 Å². The molecule has 0 saturated carbocycles. The van der Waals surface area contributed by atoms with Gasteiger partial charge in [0.1, 0.15) is 6.54 Å². The molecule has 4 aromatic rings. The van der Waals surface area contributed by atoms with E-state index in [0.717, 1.165) is 81.9 Å². The number of pyridine rings is 1. The lowest BCUT2D eigenvalue weighted by Crippen LogP contribution is -2.36. The Morgan fingerprint density at radius 1 is 1.11 bits per heavy atom. The number of aryl methyl sites for hydroxylation is 1. The summed E-state index contributed by atoms with van der Waals surface area (Å²) in [4.78, 5) is 38.0. The number of carbonyl (C=O) groups excluding carboxylic acids is 1. The van der Waals surface area contributed by atoms with E-state index < -0.39 is 5.97 Å². The van der Waals surface area contributed by atoms with E-state index >= 15 is 0 Å². The molecule has 7 nitrogen and oxygen atoms in total. The number of likely N-dealkylation sites (tertiary alicyclic amines) is 1. The molecule has 8 heteroatoms. The summed E-state index contributed by atoms with van der Waals surface area (Å²) in [6, 6.07) is 9.60. The van der Waals surface area contributed by atoms with Crippen molar-refractivity contribution in [3.8, 4) is 10.6 Å². The van der Waals surface area contributed by atoms with Gasteiger partial charge in [-0.3, -0.25) is 4.79 Å². The molecule has 1 amide bonds. The van der Waals surface area contributed by atoms with E-state index in [1.807, 2.05) is 34.0 Å². The average Bonchev–Trinajstić information content (AvgIpc) is 3.75. The summed E-state index contributed by atoms with van der Waals surface area (Å²) < 4.78 is 2.02. The van der Waals surface area contributed by atoms with Crippen molar-refractivity contribution >= 4 is 52.3 Å². The number of rotatable bonds is 10. The molecule has 46 heavy (non-hydrogen) atoms. The van der Waals surface area contributed by atoms with Crippen LogP contribution in [0.1, 0.15) is 118 Å². The largest absolute Gasteiger partial charge is 0.478 e. The zero-order valence-electron chi connectivity index (χ0n) is 28.3. The maximum absolute atomic E-state index is 13.7. The maximum Gasteiger partial charge on any atom is 0.335 e. The summed E-state index contributed by atoms with van der Waals surface area (Å²) in [6.07, 6.45) is 13.4. The highest BCUT2D eigenvalue weighted by molar-refractivity contribution is 7.13. The summed E-state index contributed by atoms with van der Waals surface area (Å²) in [7, 11) is 0. The number of carbonyl (C=O) groups is 2. The third kappa shape index (κ3) is 7.66. The van der Waals surface area contributed by atoms with Gasteiger partial charge < -0.3 is 14.6 Å². The molecule has 1 fully saturated rings. The van der Waals surface area contributed by atoms with E-state index in [2.05, 4.69) is 76.9 Å². The Morgan fingerprint density at radius 2 is 1.87 bits per heavy atom. The number of aromatic carboxylic acids is 1. The molecule has 4 heterocycles. The van der Waals surface area contributed by atoms with Crippen molar-refractivity contribution in [2.75, 3.05) is 6.54 Å². The van der Waals surface area contributed by atoms with Crippen LogP contribution in [-0.2, 0) is 11.3 Å². The van der Waals surface area contributed by atoms with E-state index in [0.29, 0.717) is 0 Å². The smallest absolute Gasteiger partial charge is 0.335 e. The van der Waals surface area contributed by atoms with Crippen LogP contribution in [0.5, 0.6) is 0 Å². The first-order chi connectivity index (χ1) is 22.1. The standard InChI is InChI=1S/C35H40N4O3S.C3H8/c1-6-8-11-28-25(13-16-29(37-28)34-24(5)36-21-43-34)14-17-30-33(22(3)7-2)27-15-12-26(35(41)42)19-31(27)39(30)20-32(40)38-18-9-10-23(38)4;1-3-2/h8,11-17,19,21-23H,6-7,9-10,18,20H2,1-5H3,(H,41,42);3H2,1-2H3/b11-8-,17-14+;. The molecule has 2 unspecified atom stereocenters. The lowest BCUT2D eigenvalue weighted by molar-refractivity contribution is -0.132. The van der Waals surface area contributed by atoms with Gasteiger partial charge in [0.15, 0.2) is 0 Å². The lowest BCUT2D eigenvalue weighted by Gasteiger charge is -2.22. The Bertz CT molecular complexity index is 1730. The number of carboxylic acid groups (broad SMARTS) is 1. The molecule has 0 aliphatic carbocycles. The minimum atomic E-state index is -0.981. The van der Waals surface area contributed by atoms with Crippen LogP contribution in [-0.4, -0.2) is 49.0 Å². The van der Waals surface area contributed by atoms with E-state index in [1.165, 1.54) is 6.42 Å². The molecule has 1 N–H and O–H groups in total. The highest BCUT2D eigenvalue weighted by Gasteiger charge is 2.28. The summed E-state index contributed by atoms with van der Waals surface area (Å²) >= 11 is 1.59. The third-order valence-electron chi connectivity index (χ3n) is 8.53. The molecular weight excluding hydrogens is 593 g/mol. The van der Waals surface area contributed by atoms with Gasteiger partial charge in [0.05, 0.1) is 38.5 Å². The van der Waals surface area contributed by atoms with Gasteiger partial charge in [0, 0.05) is 29.2 Å². The number of thiazole rings is 1. The number of fused-ring (bicyclic) bond motifs is 1. The summed E-state index contributed by atoms with van der Waals surface area (Å²) in [6.45, 7) is 15.7. The first-order valence-corrected chi connectivity index (χ1v) is 17.5. The molecule has 3 aromatic heterocycles. The Balaban J connectivity index is 0.00000154. The van der Waals surface area contributed by atoms with Crippen LogP contribution in [0.15, 0.2) is 41.9 Å². The Kier molecular flexibility index (Phi) is 12.1. The first-order valence-electron chi connectivity index (χ1n) is 16.6. The number of hydrogen-bond acceptors (Lipinski definition) is 5. The summed E-state index contributed by atoms with van der Waals surface area (Å²) in [5.41, 5.74) is 8.58. The normalized spacial score (nSPS) is 15.5. The predicted octanol–water partition coefficient (Wildman–Crippen LogP) is 9.70. The Labute approximate surface area is 277 Å². The highest BCUT2D eigenvalue weighted by Crippen LogP contribution is 2.36. The molecule has 5 rings (SSSR count). The topological polar surface area (TPSA) is 88.3 Å². The molecule has 1 aliphatic heterocycles. The number of hydrogen-bond donors (Lipinski definition) is 1. The SMILES string of the molecule is CC/C=C\c1nc(-c2scnc2C)ccc1/C=C/c1c(C(C)CC)c2ccc(C(=O)O)cc2n1CC(=O)N1CCCC1C.CCC. The number of carboxylic acids is 1. The number of amides is 1. The number of benzene rings is 1. The second kappa shape index (κ2) is 16.0. The van der Waals surface area contributed by atoms with Crippen LogP contribution in [0.25, 0.3) is 39.7 Å². The third-order valence-corrected chi connectivity index (χ3v) is 9.48. The first kappa shape index (κ1) is 34.8. The number of aromatic nitrogens is 3. The van der Waals surface area contributed by atoms with Crippen LogP contribution in [0.3, 0.4) is 0 Å². The second-order valence-electron chi connectivity index (χ2n) is 12.1. The Morgan fingerprint density at radius 3 is 2.48 bits per heavy atom. The maximum atomic E-state index is 13.7. The van der Waals surface area contributed by atoms with Gasteiger partial charge in [-0.25, -0.2) is 14.8 Å². The predicted molar refractivity (Wildman–Crippen MR) is 192 cm³/mol. The zero-order chi connectivity index (χ0) is 33.4. The monoisotopic (exact) mass is 640 g/mol. The number of nitrogens with zero attached hydrogens (tertiary/aromatic N) is 4. The quantitative estimate of drug-likeness (QED) is 0.186.